The highest BCUT2D eigenvalue weighted by Crippen LogP contribution is 2.00. The molecule has 0 spiro atoms. The standard InChI is InChI=1S/C12H24O/c1-11(2)7-5-6-9-13-10-8-12(3)4/h5-6,11-12H,7-10H2,1-4H3. The van der Waals surface area contributed by atoms with Gasteiger partial charge < -0.3 is 4.74 Å². The van der Waals surface area contributed by atoms with Crippen LogP contribution in [0.3, 0.4) is 0 Å². The lowest BCUT2D eigenvalue weighted by Crippen LogP contribution is -1.98. The third-order valence-corrected chi connectivity index (χ3v) is 1.83. The molecule has 0 N–H and O–H groups in total. The Morgan fingerprint density at radius 3 is 2.23 bits per heavy atom. The first-order valence-electron chi connectivity index (χ1n) is 5.35. The summed E-state index contributed by atoms with van der Waals surface area (Å²) < 4.78 is 5.44. The number of hydrogen-bond donors (Lipinski definition) is 0. The largest absolute Gasteiger partial charge is 0.377 e. The van der Waals surface area contributed by atoms with Gasteiger partial charge in [0.15, 0.2) is 0 Å². The minimum absolute atomic E-state index is 0.750. The second-order valence-electron chi connectivity index (χ2n) is 4.36. The van der Waals surface area contributed by atoms with Crippen LogP contribution in [0.2, 0.25) is 0 Å². The first kappa shape index (κ1) is 12.7. The molecule has 13 heavy (non-hydrogen) atoms. The third-order valence-electron chi connectivity index (χ3n) is 1.83. The van der Waals surface area contributed by atoms with E-state index in [0.717, 1.165) is 37.9 Å². The monoisotopic (exact) mass is 184 g/mol. The van der Waals surface area contributed by atoms with Crippen molar-refractivity contribution in [3.05, 3.63) is 12.2 Å². The molecule has 0 aromatic carbocycles. The van der Waals surface area contributed by atoms with Crippen LogP contribution < -0.4 is 0 Å². The van der Waals surface area contributed by atoms with Gasteiger partial charge in [-0.15, -0.1) is 0 Å². The fourth-order valence-corrected chi connectivity index (χ4v) is 0.907. The zero-order chi connectivity index (χ0) is 10.1. The van der Waals surface area contributed by atoms with E-state index >= 15 is 0 Å². The lowest BCUT2D eigenvalue weighted by atomic mass is 10.1. The van der Waals surface area contributed by atoms with E-state index in [4.69, 9.17) is 4.74 Å². The van der Waals surface area contributed by atoms with Crippen LogP contribution in [0.1, 0.15) is 40.5 Å². The van der Waals surface area contributed by atoms with Crippen LogP contribution in [-0.4, -0.2) is 13.2 Å². The number of rotatable bonds is 7. The van der Waals surface area contributed by atoms with E-state index < -0.39 is 0 Å². The molecule has 0 bridgehead atoms. The molecule has 0 amide bonds. The summed E-state index contributed by atoms with van der Waals surface area (Å²) >= 11 is 0. The van der Waals surface area contributed by atoms with Gasteiger partial charge in [-0.05, 0) is 24.7 Å². The van der Waals surface area contributed by atoms with Crippen LogP contribution in [0, 0.1) is 11.8 Å². The van der Waals surface area contributed by atoms with E-state index in [9.17, 15) is 0 Å². The zero-order valence-electron chi connectivity index (χ0n) is 9.55. The Morgan fingerprint density at radius 2 is 1.69 bits per heavy atom. The molecule has 0 heterocycles. The number of hydrogen-bond acceptors (Lipinski definition) is 1. The molecule has 0 aliphatic rings. The molecular formula is C12H24O. The van der Waals surface area contributed by atoms with Crippen molar-refractivity contribution < 1.29 is 4.74 Å². The highest BCUT2D eigenvalue weighted by atomic mass is 16.5. The fourth-order valence-electron chi connectivity index (χ4n) is 0.907. The van der Waals surface area contributed by atoms with Crippen molar-refractivity contribution in [2.45, 2.75) is 40.5 Å². The molecule has 78 valence electrons. The van der Waals surface area contributed by atoms with Gasteiger partial charge in [0.2, 0.25) is 0 Å². The quantitative estimate of drug-likeness (QED) is 0.433. The molecule has 0 aliphatic heterocycles. The Balaban J connectivity index is 3.11. The molecule has 0 radical (unpaired) electrons. The fraction of sp³-hybridized carbons (Fsp3) is 0.833. The number of ether oxygens (including phenoxy) is 1. The van der Waals surface area contributed by atoms with Crippen molar-refractivity contribution in [3.63, 3.8) is 0 Å². The molecule has 1 heteroatoms. The van der Waals surface area contributed by atoms with E-state index in [1.54, 1.807) is 0 Å². The topological polar surface area (TPSA) is 9.23 Å². The lowest BCUT2D eigenvalue weighted by molar-refractivity contribution is 0.149. The first-order valence-corrected chi connectivity index (χ1v) is 5.35. The van der Waals surface area contributed by atoms with Gasteiger partial charge in [0.1, 0.15) is 0 Å². The van der Waals surface area contributed by atoms with Gasteiger partial charge in [0.25, 0.3) is 0 Å². The number of allylic oxidation sites excluding steroid dienone is 1. The normalized spacial score (nSPS) is 12.2. The van der Waals surface area contributed by atoms with Gasteiger partial charge in [-0.3, -0.25) is 0 Å². The summed E-state index contributed by atoms with van der Waals surface area (Å²) in [6.45, 7) is 10.6. The Bertz CT molecular complexity index is 125. The van der Waals surface area contributed by atoms with Gasteiger partial charge in [-0.1, -0.05) is 39.8 Å². The van der Waals surface area contributed by atoms with Gasteiger partial charge >= 0.3 is 0 Å². The highest BCUT2D eigenvalue weighted by molar-refractivity contribution is 4.82. The molecule has 1 nitrogen and oxygen atoms in total. The molecule has 0 aliphatic carbocycles. The molecule has 0 unspecified atom stereocenters. The molecule has 0 saturated carbocycles. The first-order chi connectivity index (χ1) is 6.13. The van der Waals surface area contributed by atoms with E-state index in [1.807, 2.05) is 0 Å². The summed E-state index contributed by atoms with van der Waals surface area (Å²) in [7, 11) is 0. The van der Waals surface area contributed by atoms with Crippen LogP contribution >= 0.6 is 0 Å². The molecule has 0 saturated heterocycles. The van der Waals surface area contributed by atoms with E-state index in [0.29, 0.717) is 0 Å². The molecule has 0 fully saturated rings. The van der Waals surface area contributed by atoms with Crippen molar-refractivity contribution in [2.24, 2.45) is 11.8 Å². The predicted octanol–water partition coefficient (Wildman–Crippen LogP) is 3.65. The summed E-state index contributed by atoms with van der Waals surface area (Å²) in [4.78, 5) is 0. The summed E-state index contributed by atoms with van der Waals surface area (Å²) in [5.41, 5.74) is 0. The maximum Gasteiger partial charge on any atom is 0.0647 e. The van der Waals surface area contributed by atoms with Crippen LogP contribution in [0.15, 0.2) is 12.2 Å². The molecule has 0 atom stereocenters. The van der Waals surface area contributed by atoms with E-state index in [1.165, 1.54) is 0 Å². The van der Waals surface area contributed by atoms with Gasteiger partial charge in [0.05, 0.1) is 6.61 Å². The maximum atomic E-state index is 5.44. The van der Waals surface area contributed by atoms with Crippen molar-refractivity contribution >= 4 is 0 Å². The smallest absolute Gasteiger partial charge is 0.0647 e. The molecule has 0 aromatic heterocycles. The average molecular weight is 184 g/mol. The lowest BCUT2D eigenvalue weighted by Gasteiger charge is -2.03. The Hall–Kier alpha value is -0.300. The van der Waals surface area contributed by atoms with Crippen LogP contribution in [0.4, 0.5) is 0 Å². The van der Waals surface area contributed by atoms with Crippen LogP contribution in [-0.2, 0) is 4.74 Å². The van der Waals surface area contributed by atoms with E-state index in [-0.39, 0.29) is 0 Å². The summed E-state index contributed by atoms with van der Waals surface area (Å²) in [5, 5.41) is 0. The summed E-state index contributed by atoms with van der Waals surface area (Å²) in [5.74, 6) is 1.51. The summed E-state index contributed by atoms with van der Waals surface area (Å²) in [6, 6.07) is 0. The van der Waals surface area contributed by atoms with Crippen molar-refractivity contribution in [1.29, 1.82) is 0 Å². The third kappa shape index (κ3) is 11.7. The minimum Gasteiger partial charge on any atom is -0.377 e. The Morgan fingerprint density at radius 1 is 1.00 bits per heavy atom. The van der Waals surface area contributed by atoms with Crippen LogP contribution in [0.25, 0.3) is 0 Å². The summed E-state index contributed by atoms with van der Waals surface area (Å²) in [6.07, 6.45) is 6.66. The van der Waals surface area contributed by atoms with Crippen LogP contribution in [0.5, 0.6) is 0 Å². The van der Waals surface area contributed by atoms with Crippen molar-refractivity contribution in [2.75, 3.05) is 13.2 Å². The Kier molecular flexibility index (Phi) is 8.11. The zero-order valence-corrected chi connectivity index (χ0v) is 9.55. The second kappa shape index (κ2) is 8.31. The SMILES string of the molecule is CC(C)CC=CCOCCC(C)C. The molecule has 0 aromatic rings. The Labute approximate surface area is 83.2 Å². The molecular weight excluding hydrogens is 160 g/mol. The van der Waals surface area contributed by atoms with Crippen molar-refractivity contribution in [3.8, 4) is 0 Å². The van der Waals surface area contributed by atoms with Gasteiger partial charge in [0, 0.05) is 6.61 Å². The maximum absolute atomic E-state index is 5.44. The van der Waals surface area contributed by atoms with Crippen molar-refractivity contribution in [1.82, 2.24) is 0 Å². The molecule has 0 rings (SSSR count). The highest BCUT2D eigenvalue weighted by Gasteiger charge is 1.92. The minimum atomic E-state index is 0.750. The van der Waals surface area contributed by atoms with Gasteiger partial charge in [-0.2, -0.15) is 0 Å². The predicted molar refractivity (Wildman–Crippen MR) is 58.9 cm³/mol. The average Bonchev–Trinajstić information content (AvgIpc) is 2.01. The van der Waals surface area contributed by atoms with E-state index in [2.05, 4.69) is 39.8 Å². The second-order valence-corrected chi connectivity index (χ2v) is 4.36. The van der Waals surface area contributed by atoms with Gasteiger partial charge in [-0.25, -0.2) is 0 Å².